The second-order valence-electron chi connectivity index (χ2n) is 11.1. The lowest BCUT2D eigenvalue weighted by Crippen LogP contribution is -2.35. The lowest BCUT2D eigenvalue weighted by molar-refractivity contribution is -0.0593. The first-order chi connectivity index (χ1) is 20.4. The molecule has 2 unspecified atom stereocenters. The van der Waals surface area contributed by atoms with Crippen LogP contribution in [-0.4, -0.2) is 62.9 Å². The molecule has 11 heteroatoms. The molecule has 0 aliphatic carbocycles. The smallest absolute Gasteiger partial charge is 0.354 e. The fourth-order valence-corrected chi connectivity index (χ4v) is 6.24. The Morgan fingerprint density at radius 1 is 1.07 bits per heavy atom. The van der Waals surface area contributed by atoms with Crippen molar-refractivity contribution in [3.8, 4) is 11.5 Å². The van der Waals surface area contributed by atoms with Gasteiger partial charge in [-0.3, -0.25) is 4.90 Å². The normalized spacial score (nSPS) is 20.9. The lowest BCUT2D eigenvalue weighted by Gasteiger charge is -2.35. The van der Waals surface area contributed by atoms with Crippen LogP contribution in [0.1, 0.15) is 58.7 Å². The molecule has 0 amide bonds. The molecule has 2 aromatic heterocycles. The number of carboxylic acid groups (broad SMARTS) is 1. The van der Waals surface area contributed by atoms with Crippen molar-refractivity contribution < 1.29 is 28.5 Å². The molecule has 2 aromatic carbocycles. The largest absolute Gasteiger partial charge is 0.485 e. The number of hydrogen-bond acceptors (Lipinski definition) is 7. The number of rotatable bonds is 7. The van der Waals surface area contributed by atoms with E-state index in [4.69, 9.17) is 30.8 Å². The molecule has 9 nitrogen and oxygen atoms in total. The Bertz CT molecular complexity index is 1650. The van der Waals surface area contributed by atoms with Crippen LogP contribution >= 0.6 is 11.6 Å². The zero-order valence-corrected chi connectivity index (χ0v) is 23.6. The number of aromatic nitrogens is 3. The molecule has 0 bridgehead atoms. The average Bonchev–Trinajstić information content (AvgIpc) is 3.30. The fourth-order valence-electron chi connectivity index (χ4n) is 6.08. The van der Waals surface area contributed by atoms with Gasteiger partial charge < -0.3 is 23.9 Å². The number of carbonyl (C=O) groups is 1. The number of piperidine rings is 1. The fraction of sp³-hybridized carbons (Fsp3) is 0.387. The molecule has 3 aliphatic heterocycles. The summed E-state index contributed by atoms with van der Waals surface area (Å²) >= 11 is 5.92. The molecule has 2 fully saturated rings. The van der Waals surface area contributed by atoms with Crippen LogP contribution in [0.3, 0.4) is 0 Å². The van der Waals surface area contributed by atoms with E-state index in [0.29, 0.717) is 46.5 Å². The molecule has 2 atom stereocenters. The minimum Gasteiger partial charge on any atom is -0.485 e. The van der Waals surface area contributed by atoms with Crippen LogP contribution < -0.4 is 9.47 Å². The second-order valence-corrected chi connectivity index (χ2v) is 11.5. The number of imidazole rings is 1. The Labute approximate surface area is 246 Å². The summed E-state index contributed by atoms with van der Waals surface area (Å²) in [5.74, 6) is 1.06. The highest BCUT2D eigenvalue weighted by atomic mass is 35.5. The van der Waals surface area contributed by atoms with Gasteiger partial charge in [0.2, 0.25) is 0 Å². The molecule has 5 heterocycles. The molecular formula is C31H30ClFN4O5. The van der Waals surface area contributed by atoms with Crippen molar-refractivity contribution in [2.75, 3.05) is 26.3 Å². The number of carboxylic acids is 1. The van der Waals surface area contributed by atoms with E-state index in [1.165, 1.54) is 12.1 Å². The number of nitrogens with zero attached hydrogens (tertiary/aromatic N) is 4. The number of hydrogen-bond donors (Lipinski definition) is 1. The van der Waals surface area contributed by atoms with Gasteiger partial charge in [-0.25, -0.2) is 19.2 Å². The van der Waals surface area contributed by atoms with Crippen LogP contribution in [0.5, 0.6) is 11.5 Å². The van der Waals surface area contributed by atoms with E-state index < -0.39 is 17.9 Å². The summed E-state index contributed by atoms with van der Waals surface area (Å²) in [6.45, 7) is 3.94. The van der Waals surface area contributed by atoms with Crippen molar-refractivity contribution in [2.24, 2.45) is 0 Å². The number of benzene rings is 2. The number of ether oxygens (including phenoxy) is 3. The van der Waals surface area contributed by atoms with Gasteiger partial charge in [0.05, 0.1) is 19.2 Å². The molecule has 4 aromatic rings. The van der Waals surface area contributed by atoms with Crippen LogP contribution in [0.25, 0.3) is 11.2 Å². The van der Waals surface area contributed by atoms with Crippen molar-refractivity contribution in [1.82, 2.24) is 19.4 Å². The molecule has 218 valence electrons. The highest BCUT2D eigenvalue weighted by Gasteiger charge is 2.31. The number of aromatic carboxylic acids is 1. The third-order valence-corrected chi connectivity index (χ3v) is 8.66. The maximum atomic E-state index is 14.5. The van der Waals surface area contributed by atoms with Crippen LogP contribution in [0.4, 0.5) is 4.39 Å². The Morgan fingerprint density at radius 2 is 1.90 bits per heavy atom. The Hall–Kier alpha value is -3.73. The van der Waals surface area contributed by atoms with Gasteiger partial charge in [-0.15, -0.1) is 0 Å². The molecule has 3 aliphatic rings. The van der Waals surface area contributed by atoms with Crippen LogP contribution in [0.2, 0.25) is 5.02 Å². The second kappa shape index (κ2) is 11.2. The summed E-state index contributed by atoms with van der Waals surface area (Å²) in [4.78, 5) is 23.2. The van der Waals surface area contributed by atoms with E-state index in [2.05, 4.69) is 16.0 Å². The number of likely N-dealkylation sites (tertiary alicyclic amines) is 1. The van der Waals surface area contributed by atoms with Crippen LogP contribution in [-0.2, 0) is 17.8 Å². The summed E-state index contributed by atoms with van der Waals surface area (Å²) in [5, 5.41) is 9.80. The van der Waals surface area contributed by atoms with Crippen LogP contribution in [0.15, 0.2) is 48.5 Å². The van der Waals surface area contributed by atoms with Crippen molar-refractivity contribution in [2.45, 2.75) is 50.5 Å². The topological polar surface area (TPSA) is 98.9 Å². The number of fused-ring (bicyclic) bond motifs is 2. The number of para-hydroxylation sites is 1. The summed E-state index contributed by atoms with van der Waals surface area (Å²) in [6, 6.07) is 13.7. The summed E-state index contributed by atoms with van der Waals surface area (Å²) in [7, 11) is 0. The molecule has 42 heavy (non-hydrogen) atoms. The van der Waals surface area contributed by atoms with E-state index >= 15 is 0 Å². The third-order valence-electron chi connectivity index (χ3n) is 8.43. The van der Waals surface area contributed by atoms with Crippen molar-refractivity contribution in [3.63, 3.8) is 0 Å². The lowest BCUT2D eigenvalue weighted by atomic mass is 9.88. The van der Waals surface area contributed by atoms with Crippen molar-refractivity contribution >= 4 is 28.7 Å². The zero-order chi connectivity index (χ0) is 28.8. The molecule has 1 N–H and O–H groups in total. The molecule has 2 saturated heterocycles. The molecule has 7 rings (SSSR count). The number of pyridine rings is 1. The summed E-state index contributed by atoms with van der Waals surface area (Å²) in [5.41, 5.74) is 2.82. The van der Waals surface area contributed by atoms with Gasteiger partial charge >= 0.3 is 5.97 Å². The van der Waals surface area contributed by atoms with E-state index in [-0.39, 0.29) is 18.4 Å². The van der Waals surface area contributed by atoms with Crippen LogP contribution in [0, 0.1) is 5.82 Å². The van der Waals surface area contributed by atoms with E-state index in [9.17, 15) is 14.3 Å². The monoisotopic (exact) mass is 592 g/mol. The van der Waals surface area contributed by atoms with Gasteiger partial charge in [-0.1, -0.05) is 29.8 Å². The van der Waals surface area contributed by atoms with E-state index in [1.54, 1.807) is 18.2 Å². The standard InChI is InChI=1S/C31H30ClFN4O5/c32-19-4-5-22(23(33)14-19)27-17-41-29-21(2-1-3-26(29)42-27)18-8-11-36(12-9-18)16-28-34-24-6-7-25(31(38)39)35-30(24)37(28)15-20-10-13-40-20/h1-7,14,18,20,27H,8-13,15-17H2,(H,38,39). The van der Waals surface area contributed by atoms with Gasteiger partial charge in [0, 0.05) is 22.8 Å². The number of halogens is 2. The van der Waals surface area contributed by atoms with Gasteiger partial charge in [-0.05, 0) is 68.6 Å². The van der Waals surface area contributed by atoms with E-state index in [0.717, 1.165) is 56.1 Å². The van der Waals surface area contributed by atoms with Gasteiger partial charge in [-0.2, -0.15) is 0 Å². The first-order valence-electron chi connectivity index (χ1n) is 14.2. The van der Waals surface area contributed by atoms with E-state index in [1.807, 2.05) is 16.7 Å². The first kappa shape index (κ1) is 27.1. The highest BCUT2D eigenvalue weighted by molar-refractivity contribution is 6.30. The minimum absolute atomic E-state index is 0.00700. The Kier molecular flexibility index (Phi) is 7.21. The molecule has 0 radical (unpaired) electrons. The summed E-state index contributed by atoms with van der Waals surface area (Å²) < 4.78 is 34.6. The molecule has 0 saturated carbocycles. The Morgan fingerprint density at radius 3 is 2.64 bits per heavy atom. The van der Waals surface area contributed by atoms with Crippen molar-refractivity contribution in [3.05, 3.63) is 82.0 Å². The SMILES string of the molecule is O=C(O)c1ccc2nc(CN3CCC(c4cccc5c4OCC(c4ccc(Cl)cc4F)O5)CC3)n(CC3CCO3)c2n1. The molecular weight excluding hydrogens is 563 g/mol. The average molecular weight is 593 g/mol. The minimum atomic E-state index is -1.06. The highest BCUT2D eigenvalue weighted by Crippen LogP contribution is 2.44. The maximum Gasteiger partial charge on any atom is 0.354 e. The predicted octanol–water partition coefficient (Wildman–Crippen LogP) is 5.60. The zero-order valence-electron chi connectivity index (χ0n) is 22.8. The summed E-state index contributed by atoms with van der Waals surface area (Å²) in [6.07, 6.45) is 2.37. The Balaban J connectivity index is 1.05. The first-order valence-corrected chi connectivity index (χ1v) is 14.6. The quantitative estimate of drug-likeness (QED) is 0.296. The van der Waals surface area contributed by atoms with Gasteiger partial charge in [0.15, 0.2) is 28.9 Å². The maximum absolute atomic E-state index is 14.5. The van der Waals surface area contributed by atoms with Gasteiger partial charge in [0.25, 0.3) is 0 Å². The van der Waals surface area contributed by atoms with Gasteiger partial charge in [0.1, 0.15) is 23.8 Å². The third kappa shape index (κ3) is 5.19. The predicted molar refractivity (Wildman–Crippen MR) is 153 cm³/mol. The van der Waals surface area contributed by atoms with Crippen molar-refractivity contribution in [1.29, 1.82) is 0 Å². The molecule has 0 spiro atoms.